The van der Waals surface area contributed by atoms with Crippen LogP contribution in [0.2, 0.25) is 0 Å². The average Bonchev–Trinajstić information content (AvgIpc) is 3.69. The molecular weight excluding hydrogens is 482 g/mol. The van der Waals surface area contributed by atoms with Gasteiger partial charge in [-0.1, -0.05) is 29.0 Å². The van der Waals surface area contributed by atoms with Crippen LogP contribution in [0.5, 0.6) is 0 Å². The highest BCUT2D eigenvalue weighted by atomic mass is 32.1. The van der Waals surface area contributed by atoms with E-state index >= 15 is 0 Å². The number of nitrogens with zero attached hydrogens (tertiary/aromatic N) is 6. The van der Waals surface area contributed by atoms with Gasteiger partial charge in [-0.2, -0.15) is 0 Å². The van der Waals surface area contributed by atoms with Crippen LogP contribution in [0, 0.1) is 12.8 Å². The molecule has 37 heavy (non-hydrogen) atoms. The number of piperazine rings is 1. The zero-order valence-corrected chi connectivity index (χ0v) is 22.0. The topological polar surface area (TPSA) is 77.5 Å². The smallest absolute Gasteiger partial charge is 0.225 e. The third kappa shape index (κ3) is 5.42. The van der Waals surface area contributed by atoms with E-state index < -0.39 is 0 Å². The molecule has 3 aromatic heterocycles. The molecule has 4 heterocycles. The molecule has 0 radical (unpaired) electrons. The zero-order chi connectivity index (χ0) is 25.4. The first-order valence-electron chi connectivity index (χ1n) is 12.8. The van der Waals surface area contributed by atoms with Gasteiger partial charge in [0.2, 0.25) is 5.91 Å². The first kappa shape index (κ1) is 23.8. The maximum Gasteiger partial charge on any atom is 0.225 e. The number of carbonyl (C=O) groups excluding carboxylic acids is 1. The van der Waals surface area contributed by atoms with E-state index in [0.717, 1.165) is 78.4 Å². The molecule has 190 valence electrons. The van der Waals surface area contributed by atoms with Crippen LogP contribution < -0.4 is 10.2 Å². The highest BCUT2D eigenvalue weighted by Crippen LogP contribution is 2.32. The molecule has 1 saturated heterocycles. The van der Waals surface area contributed by atoms with Gasteiger partial charge in [0.05, 0.1) is 0 Å². The molecule has 0 atom stereocenters. The Morgan fingerprint density at radius 1 is 1.05 bits per heavy atom. The fourth-order valence-electron chi connectivity index (χ4n) is 4.67. The van der Waals surface area contributed by atoms with E-state index in [9.17, 15) is 4.79 Å². The van der Waals surface area contributed by atoms with Gasteiger partial charge in [-0.05, 0) is 61.7 Å². The number of anilines is 4. The summed E-state index contributed by atoms with van der Waals surface area (Å²) in [5.41, 5.74) is 4.39. The van der Waals surface area contributed by atoms with Gasteiger partial charge < -0.3 is 15.1 Å². The number of pyridine rings is 2. The van der Waals surface area contributed by atoms with Gasteiger partial charge in [-0.3, -0.25) is 9.69 Å². The Hall–Kier alpha value is -3.56. The van der Waals surface area contributed by atoms with Crippen molar-refractivity contribution >= 4 is 50.0 Å². The van der Waals surface area contributed by atoms with Gasteiger partial charge >= 0.3 is 0 Å². The van der Waals surface area contributed by atoms with Crippen LogP contribution in [0.15, 0.2) is 54.7 Å². The van der Waals surface area contributed by atoms with Crippen LogP contribution in [0.1, 0.15) is 24.0 Å². The third-order valence-corrected chi connectivity index (χ3v) is 7.96. The summed E-state index contributed by atoms with van der Waals surface area (Å²) in [4.78, 5) is 33.8. The number of fused-ring (bicyclic) bond motifs is 1. The number of thiazole rings is 1. The van der Waals surface area contributed by atoms with Crippen LogP contribution in [-0.4, -0.2) is 63.9 Å². The van der Waals surface area contributed by atoms with Crippen molar-refractivity contribution in [3.63, 3.8) is 0 Å². The first-order valence-corrected chi connectivity index (χ1v) is 13.6. The van der Waals surface area contributed by atoms with E-state index in [1.54, 1.807) is 0 Å². The van der Waals surface area contributed by atoms with Crippen LogP contribution in [0.25, 0.3) is 10.3 Å². The Balaban J connectivity index is 1.10. The van der Waals surface area contributed by atoms with Gasteiger partial charge in [0.1, 0.15) is 22.0 Å². The Labute approximate surface area is 221 Å². The van der Waals surface area contributed by atoms with Gasteiger partial charge in [0.15, 0.2) is 5.13 Å². The lowest BCUT2D eigenvalue weighted by atomic mass is 10.2. The molecule has 2 fully saturated rings. The highest BCUT2D eigenvalue weighted by molar-refractivity contribution is 7.21. The molecule has 1 amide bonds. The molecule has 6 rings (SSSR count). The molecule has 2 aliphatic rings. The van der Waals surface area contributed by atoms with E-state index in [1.165, 1.54) is 22.5 Å². The van der Waals surface area contributed by atoms with Crippen LogP contribution in [-0.2, 0) is 11.3 Å². The lowest BCUT2D eigenvalue weighted by Gasteiger charge is -2.34. The monoisotopic (exact) mass is 513 g/mol. The molecule has 1 aliphatic heterocycles. The molecule has 9 heteroatoms. The van der Waals surface area contributed by atoms with Crippen molar-refractivity contribution in [3.8, 4) is 0 Å². The quantitative estimate of drug-likeness (QED) is 0.374. The number of aromatic nitrogens is 3. The van der Waals surface area contributed by atoms with E-state index in [1.807, 2.05) is 30.3 Å². The molecule has 0 unspecified atom stereocenters. The number of amides is 1. The van der Waals surface area contributed by atoms with E-state index in [4.69, 9.17) is 9.97 Å². The maximum absolute atomic E-state index is 12.3. The Morgan fingerprint density at radius 2 is 1.84 bits per heavy atom. The molecule has 1 aromatic carbocycles. The average molecular weight is 514 g/mol. The highest BCUT2D eigenvalue weighted by Gasteiger charge is 2.34. The molecule has 4 aromatic rings. The summed E-state index contributed by atoms with van der Waals surface area (Å²) >= 11 is 1.53. The number of hydrogen-bond acceptors (Lipinski definition) is 8. The minimum Gasteiger partial charge on any atom is -0.340 e. The summed E-state index contributed by atoms with van der Waals surface area (Å²) in [6.45, 7) is 6.40. The SMILES string of the molecule is Cc1ccc(N(C)c2ccc3nc(Nc4cc(CN5CCN(C(=O)C6CC6)CC5)ccn4)sc3n2)cc1. The largest absolute Gasteiger partial charge is 0.340 e. The lowest BCUT2D eigenvalue weighted by molar-refractivity contribution is -0.134. The van der Waals surface area contributed by atoms with Crippen molar-refractivity contribution in [1.82, 2.24) is 24.8 Å². The predicted octanol–water partition coefficient (Wildman–Crippen LogP) is 4.96. The minimum atomic E-state index is 0.304. The third-order valence-electron chi connectivity index (χ3n) is 7.08. The van der Waals surface area contributed by atoms with Crippen molar-refractivity contribution in [2.45, 2.75) is 26.3 Å². The van der Waals surface area contributed by atoms with Crippen molar-refractivity contribution in [3.05, 3.63) is 65.9 Å². The summed E-state index contributed by atoms with van der Waals surface area (Å²) in [7, 11) is 2.03. The van der Waals surface area contributed by atoms with E-state index in [2.05, 4.69) is 63.4 Å². The second-order valence-electron chi connectivity index (χ2n) is 9.96. The Kier molecular flexibility index (Phi) is 6.48. The number of carbonyl (C=O) groups is 1. The van der Waals surface area contributed by atoms with Crippen LogP contribution in [0.4, 0.5) is 22.5 Å². The fourth-order valence-corrected chi connectivity index (χ4v) is 5.51. The van der Waals surface area contributed by atoms with Crippen LogP contribution >= 0.6 is 11.3 Å². The number of hydrogen-bond donors (Lipinski definition) is 1. The maximum atomic E-state index is 12.3. The Bertz CT molecular complexity index is 1410. The number of rotatable bonds is 7. The molecule has 1 saturated carbocycles. The fraction of sp³-hybridized carbons (Fsp3) is 0.357. The minimum absolute atomic E-state index is 0.304. The number of benzene rings is 1. The Morgan fingerprint density at radius 3 is 2.59 bits per heavy atom. The van der Waals surface area contributed by atoms with Gasteiger partial charge in [0.25, 0.3) is 0 Å². The second-order valence-corrected chi connectivity index (χ2v) is 10.9. The summed E-state index contributed by atoms with van der Waals surface area (Å²) in [5, 5.41) is 4.14. The lowest BCUT2D eigenvalue weighted by Crippen LogP contribution is -2.48. The standard InChI is InChI=1S/C28H31N7OS/c1-19-3-7-22(8-4-19)33(2)25-10-9-23-26(32-25)37-28(30-23)31-24-17-20(11-12-29-24)18-34-13-15-35(16-14-34)27(36)21-5-6-21/h3-4,7-12,17,21H,5-6,13-16,18H2,1-2H3,(H,29,30,31). The van der Waals surface area contributed by atoms with Crippen molar-refractivity contribution in [2.24, 2.45) is 5.92 Å². The molecule has 8 nitrogen and oxygen atoms in total. The normalized spacial score (nSPS) is 16.2. The molecule has 0 spiro atoms. The van der Waals surface area contributed by atoms with Crippen molar-refractivity contribution < 1.29 is 4.79 Å². The number of nitrogens with one attached hydrogen (secondary N) is 1. The molecular formula is C28H31N7OS. The van der Waals surface area contributed by atoms with Gasteiger partial charge in [-0.25, -0.2) is 15.0 Å². The summed E-state index contributed by atoms with van der Waals surface area (Å²) < 4.78 is 0. The second kappa shape index (κ2) is 10.1. The van der Waals surface area contributed by atoms with Crippen molar-refractivity contribution in [1.29, 1.82) is 0 Å². The van der Waals surface area contributed by atoms with Crippen LogP contribution in [0.3, 0.4) is 0 Å². The predicted molar refractivity (Wildman–Crippen MR) is 149 cm³/mol. The van der Waals surface area contributed by atoms with E-state index in [-0.39, 0.29) is 0 Å². The zero-order valence-electron chi connectivity index (χ0n) is 21.2. The van der Waals surface area contributed by atoms with E-state index in [0.29, 0.717) is 11.8 Å². The molecule has 0 bridgehead atoms. The van der Waals surface area contributed by atoms with Crippen molar-refractivity contribution in [2.75, 3.05) is 43.4 Å². The molecule has 1 N–H and O–H groups in total. The summed E-state index contributed by atoms with van der Waals surface area (Å²) in [6.07, 6.45) is 3.98. The van der Waals surface area contributed by atoms with Gasteiger partial charge in [-0.15, -0.1) is 0 Å². The summed E-state index contributed by atoms with van der Waals surface area (Å²) in [6, 6.07) is 16.6. The first-order chi connectivity index (χ1) is 18.0. The number of aryl methyl sites for hydroxylation is 1. The summed E-state index contributed by atoms with van der Waals surface area (Å²) in [5.74, 6) is 2.31. The van der Waals surface area contributed by atoms with Gasteiger partial charge in [0, 0.05) is 57.6 Å². The molecule has 1 aliphatic carbocycles.